The zero-order chi connectivity index (χ0) is 14.5. The van der Waals surface area contributed by atoms with Gasteiger partial charge >= 0.3 is 0 Å². The maximum atomic E-state index is 12.5. The summed E-state index contributed by atoms with van der Waals surface area (Å²) >= 11 is 3.36. The minimum atomic E-state index is -0.0719. The summed E-state index contributed by atoms with van der Waals surface area (Å²) in [4.78, 5) is 12.5. The van der Waals surface area contributed by atoms with Gasteiger partial charge in [-0.15, -0.1) is 0 Å². The van der Waals surface area contributed by atoms with E-state index in [0.29, 0.717) is 23.5 Å². The van der Waals surface area contributed by atoms with E-state index in [2.05, 4.69) is 15.9 Å². The van der Waals surface area contributed by atoms with Gasteiger partial charge < -0.3 is 9.47 Å². The van der Waals surface area contributed by atoms with Crippen molar-refractivity contribution in [2.24, 2.45) is 0 Å². The first-order valence-electron chi connectivity index (χ1n) is 6.26. The summed E-state index contributed by atoms with van der Waals surface area (Å²) < 4.78 is 11.5. The molecule has 2 rings (SSSR count). The van der Waals surface area contributed by atoms with E-state index in [0.717, 1.165) is 10.2 Å². The molecule has 0 aliphatic heterocycles. The Hall–Kier alpha value is -1.81. The molecule has 0 aromatic heterocycles. The molecule has 0 saturated carbocycles. The molecular formula is C16H15BrO3. The van der Waals surface area contributed by atoms with Crippen LogP contribution in [0.3, 0.4) is 0 Å². The summed E-state index contributed by atoms with van der Waals surface area (Å²) in [5.74, 6) is 1.24. The molecule has 0 amide bonds. The van der Waals surface area contributed by atoms with Crippen LogP contribution >= 0.6 is 15.9 Å². The van der Waals surface area contributed by atoms with Crippen LogP contribution in [0.2, 0.25) is 0 Å². The number of carbonyl (C=O) groups is 1. The summed E-state index contributed by atoms with van der Waals surface area (Å²) in [6, 6.07) is 12.5. The van der Waals surface area contributed by atoms with Gasteiger partial charge in [-0.25, -0.2) is 0 Å². The Bertz CT molecular complexity index is 606. The van der Waals surface area contributed by atoms with Crippen molar-refractivity contribution in [1.29, 1.82) is 0 Å². The van der Waals surface area contributed by atoms with Crippen LogP contribution in [0, 0.1) is 0 Å². The zero-order valence-electron chi connectivity index (χ0n) is 11.4. The van der Waals surface area contributed by atoms with Gasteiger partial charge in [-0.3, -0.25) is 4.79 Å². The molecule has 3 nitrogen and oxygen atoms in total. The fraction of sp³-hybridized carbons (Fsp3) is 0.188. The van der Waals surface area contributed by atoms with Gasteiger partial charge in [-0.2, -0.15) is 0 Å². The molecule has 2 aromatic carbocycles. The summed E-state index contributed by atoms with van der Waals surface area (Å²) in [5, 5.41) is 0. The van der Waals surface area contributed by atoms with E-state index in [4.69, 9.17) is 9.47 Å². The molecule has 0 aliphatic carbocycles. The lowest BCUT2D eigenvalue weighted by Gasteiger charge is -2.09. The van der Waals surface area contributed by atoms with E-state index in [1.807, 2.05) is 13.0 Å². The van der Waals surface area contributed by atoms with Gasteiger partial charge in [-0.05, 0) is 49.4 Å². The van der Waals surface area contributed by atoms with Crippen LogP contribution in [0.4, 0.5) is 0 Å². The molecule has 2 aromatic rings. The molecule has 104 valence electrons. The van der Waals surface area contributed by atoms with Crippen LogP contribution in [0.1, 0.15) is 22.8 Å². The first-order valence-corrected chi connectivity index (χ1v) is 7.06. The molecule has 20 heavy (non-hydrogen) atoms. The number of hydrogen-bond acceptors (Lipinski definition) is 3. The minimum Gasteiger partial charge on any atom is -0.496 e. The largest absolute Gasteiger partial charge is 0.496 e. The van der Waals surface area contributed by atoms with Crippen LogP contribution in [-0.4, -0.2) is 19.5 Å². The lowest BCUT2D eigenvalue weighted by atomic mass is 10.0. The lowest BCUT2D eigenvalue weighted by molar-refractivity contribution is 0.103. The van der Waals surface area contributed by atoms with E-state index >= 15 is 0 Å². The Balaban J connectivity index is 2.31. The van der Waals surface area contributed by atoms with Gasteiger partial charge in [0.2, 0.25) is 0 Å². The van der Waals surface area contributed by atoms with Crippen LogP contribution < -0.4 is 9.47 Å². The fourth-order valence-electron chi connectivity index (χ4n) is 1.88. The highest BCUT2D eigenvalue weighted by Gasteiger charge is 2.14. The van der Waals surface area contributed by atoms with Crippen molar-refractivity contribution >= 4 is 21.7 Å². The molecule has 0 aliphatic rings. The standard InChI is InChI=1S/C16H15BrO3/c1-3-20-13-7-4-11(5-8-13)16(18)14-9-6-12(17)10-15(14)19-2/h4-10H,3H2,1-2H3. The predicted molar refractivity (Wildman–Crippen MR) is 81.7 cm³/mol. The third-order valence-electron chi connectivity index (χ3n) is 2.84. The quantitative estimate of drug-likeness (QED) is 0.772. The third-order valence-corrected chi connectivity index (χ3v) is 3.33. The Labute approximate surface area is 126 Å². The maximum absolute atomic E-state index is 12.5. The zero-order valence-corrected chi connectivity index (χ0v) is 12.9. The Morgan fingerprint density at radius 2 is 1.85 bits per heavy atom. The number of methoxy groups -OCH3 is 1. The topological polar surface area (TPSA) is 35.5 Å². The molecule has 0 radical (unpaired) electrons. The van der Waals surface area contributed by atoms with E-state index < -0.39 is 0 Å². The third kappa shape index (κ3) is 3.20. The smallest absolute Gasteiger partial charge is 0.196 e. The van der Waals surface area contributed by atoms with Crippen molar-refractivity contribution in [3.63, 3.8) is 0 Å². The molecule has 0 heterocycles. The number of rotatable bonds is 5. The normalized spacial score (nSPS) is 10.2. The molecule has 0 spiro atoms. The summed E-state index contributed by atoms with van der Waals surface area (Å²) in [5.41, 5.74) is 1.15. The Morgan fingerprint density at radius 1 is 1.15 bits per heavy atom. The predicted octanol–water partition coefficient (Wildman–Crippen LogP) is 4.09. The number of hydrogen-bond donors (Lipinski definition) is 0. The van der Waals surface area contributed by atoms with Gasteiger partial charge in [0.1, 0.15) is 11.5 Å². The monoisotopic (exact) mass is 334 g/mol. The average Bonchev–Trinajstić information content (AvgIpc) is 2.47. The van der Waals surface area contributed by atoms with Crippen LogP contribution in [0.25, 0.3) is 0 Å². The van der Waals surface area contributed by atoms with Gasteiger partial charge in [0.05, 0.1) is 19.3 Å². The summed E-state index contributed by atoms with van der Waals surface area (Å²) in [7, 11) is 1.55. The van der Waals surface area contributed by atoms with Crippen molar-refractivity contribution in [2.75, 3.05) is 13.7 Å². The number of carbonyl (C=O) groups excluding carboxylic acids is 1. The molecule has 0 bridgehead atoms. The van der Waals surface area contributed by atoms with Crippen molar-refractivity contribution < 1.29 is 14.3 Å². The van der Waals surface area contributed by atoms with E-state index in [9.17, 15) is 4.79 Å². The first kappa shape index (κ1) is 14.6. The van der Waals surface area contributed by atoms with Crippen molar-refractivity contribution in [3.05, 3.63) is 58.1 Å². The SMILES string of the molecule is CCOc1ccc(C(=O)c2ccc(Br)cc2OC)cc1. The molecule has 0 fully saturated rings. The fourth-order valence-corrected chi connectivity index (χ4v) is 2.22. The number of halogens is 1. The summed E-state index contributed by atoms with van der Waals surface area (Å²) in [6.07, 6.45) is 0. The first-order chi connectivity index (χ1) is 9.65. The van der Waals surface area contributed by atoms with Gasteiger partial charge in [0.15, 0.2) is 5.78 Å². The van der Waals surface area contributed by atoms with Crippen LogP contribution in [0.15, 0.2) is 46.9 Å². The molecular weight excluding hydrogens is 320 g/mol. The van der Waals surface area contributed by atoms with E-state index in [1.165, 1.54) is 0 Å². The molecule has 4 heteroatoms. The highest BCUT2D eigenvalue weighted by Crippen LogP contribution is 2.26. The average molecular weight is 335 g/mol. The second-order valence-corrected chi connectivity index (χ2v) is 5.05. The summed E-state index contributed by atoms with van der Waals surface area (Å²) in [6.45, 7) is 2.53. The molecule has 0 saturated heterocycles. The van der Waals surface area contributed by atoms with Crippen LogP contribution in [-0.2, 0) is 0 Å². The van der Waals surface area contributed by atoms with Gasteiger partial charge in [0.25, 0.3) is 0 Å². The number of benzene rings is 2. The van der Waals surface area contributed by atoms with Gasteiger partial charge in [0, 0.05) is 10.0 Å². The second kappa shape index (κ2) is 6.57. The van der Waals surface area contributed by atoms with E-state index in [-0.39, 0.29) is 5.78 Å². The van der Waals surface area contributed by atoms with Crippen molar-refractivity contribution in [1.82, 2.24) is 0 Å². The lowest BCUT2D eigenvalue weighted by Crippen LogP contribution is -2.04. The molecule has 0 N–H and O–H groups in total. The molecule has 0 unspecified atom stereocenters. The highest BCUT2D eigenvalue weighted by atomic mass is 79.9. The number of ether oxygens (including phenoxy) is 2. The van der Waals surface area contributed by atoms with Crippen molar-refractivity contribution in [2.45, 2.75) is 6.92 Å². The Morgan fingerprint density at radius 3 is 2.45 bits per heavy atom. The number of ketones is 1. The van der Waals surface area contributed by atoms with Crippen molar-refractivity contribution in [3.8, 4) is 11.5 Å². The highest BCUT2D eigenvalue weighted by molar-refractivity contribution is 9.10. The minimum absolute atomic E-state index is 0.0719. The van der Waals surface area contributed by atoms with Gasteiger partial charge in [-0.1, -0.05) is 15.9 Å². The van der Waals surface area contributed by atoms with Crippen LogP contribution in [0.5, 0.6) is 11.5 Å². The molecule has 0 atom stereocenters. The Kier molecular flexibility index (Phi) is 4.79. The second-order valence-electron chi connectivity index (χ2n) is 4.13. The maximum Gasteiger partial charge on any atom is 0.196 e. The van der Waals surface area contributed by atoms with E-state index in [1.54, 1.807) is 43.5 Å².